The first-order valence-electron chi connectivity index (χ1n) is 12.6. The van der Waals surface area contributed by atoms with Gasteiger partial charge in [0, 0.05) is 6.54 Å². The number of nitrogens with zero attached hydrogens (tertiary/aromatic N) is 1. The van der Waals surface area contributed by atoms with Gasteiger partial charge in [-0.1, -0.05) is 25.1 Å². The number of ether oxygens (including phenoxy) is 4. The van der Waals surface area contributed by atoms with Crippen LogP contribution in [0.2, 0.25) is 0 Å². The summed E-state index contributed by atoms with van der Waals surface area (Å²) in [5.74, 6) is 2.40. The summed E-state index contributed by atoms with van der Waals surface area (Å²) in [5, 5.41) is 0. The van der Waals surface area contributed by atoms with E-state index in [4.69, 9.17) is 18.9 Å². The number of hydrogen-bond acceptors (Lipinski definition) is 6. The van der Waals surface area contributed by atoms with Crippen LogP contribution in [0, 0.1) is 11.8 Å². The summed E-state index contributed by atoms with van der Waals surface area (Å²) in [7, 11) is 4.82. The molecule has 0 radical (unpaired) electrons. The second kappa shape index (κ2) is 9.88. The van der Waals surface area contributed by atoms with E-state index < -0.39 is 6.04 Å². The Kier molecular flexibility index (Phi) is 6.65. The fourth-order valence-electron chi connectivity index (χ4n) is 5.77. The Balaban J connectivity index is 1.48. The molecular formula is C29H33NO6. The molecule has 0 N–H and O–H groups in total. The third-order valence-corrected chi connectivity index (χ3v) is 7.73. The molecule has 7 nitrogen and oxygen atoms in total. The molecule has 4 atom stereocenters. The summed E-state index contributed by atoms with van der Waals surface area (Å²) in [5.41, 5.74) is 2.39. The molecule has 4 unspecified atom stereocenters. The van der Waals surface area contributed by atoms with E-state index >= 15 is 0 Å². The van der Waals surface area contributed by atoms with E-state index in [1.165, 1.54) is 0 Å². The van der Waals surface area contributed by atoms with Crippen molar-refractivity contribution in [3.8, 4) is 17.2 Å². The smallest absolute Gasteiger partial charge is 0.290 e. The lowest BCUT2D eigenvalue weighted by Crippen LogP contribution is -2.41. The van der Waals surface area contributed by atoms with Crippen molar-refractivity contribution < 1.29 is 28.5 Å². The Morgan fingerprint density at radius 2 is 1.69 bits per heavy atom. The highest BCUT2D eigenvalue weighted by molar-refractivity contribution is 6.11. The molecule has 1 fully saturated rings. The minimum Gasteiger partial charge on any atom is -0.497 e. The van der Waals surface area contributed by atoms with Gasteiger partial charge in [-0.25, -0.2) is 0 Å². The van der Waals surface area contributed by atoms with Crippen LogP contribution >= 0.6 is 0 Å². The van der Waals surface area contributed by atoms with E-state index in [1.54, 1.807) is 26.2 Å². The van der Waals surface area contributed by atoms with Crippen LogP contribution in [-0.2, 0) is 20.7 Å². The maximum Gasteiger partial charge on any atom is 0.290 e. The zero-order valence-corrected chi connectivity index (χ0v) is 21.3. The van der Waals surface area contributed by atoms with E-state index in [0.717, 1.165) is 36.1 Å². The lowest BCUT2D eigenvalue weighted by Gasteiger charge is -2.37. The molecule has 0 aromatic heterocycles. The maximum absolute atomic E-state index is 13.8. The lowest BCUT2D eigenvalue weighted by molar-refractivity contribution is -0.136. The van der Waals surface area contributed by atoms with Gasteiger partial charge in [-0.05, 0) is 67.0 Å². The minimum atomic E-state index is -0.482. The number of benzene rings is 2. The summed E-state index contributed by atoms with van der Waals surface area (Å²) >= 11 is 0. The van der Waals surface area contributed by atoms with Crippen LogP contribution in [0.25, 0.3) is 0 Å². The molecule has 1 aliphatic carbocycles. The van der Waals surface area contributed by atoms with Crippen molar-refractivity contribution in [2.75, 3.05) is 27.9 Å². The van der Waals surface area contributed by atoms with Crippen LogP contribution in [0.3, 0.4) is 0 Å². The van der Waals surface area contributed by atoms with Crippen LogP contribution in [0.5, 0.6) is 17.2 Å². The van der Waals surface area contributed by atoms with Crippen molar-refractivity contribution in [3.05, 3.63) is 64.9 Å². The van der Waals surface area contributed by atoms with E-state index in [-0.39, 0.29) is 29.5 Å². The Morgan fingerprint density at radius 1 is 0.944 bits per heavy atom. The summed E-state index contributed by atoms with van der Waals surface area (Å²) in [4.78, 5) is 29.3. The molecule has 1 saturated carbocycles. The summed E-state index contributed by atoms with van der Waals surface area (Å²) in [6.45, 7) is 2.62. The first kappa shape index (κ1) is 24.2. The van der Waals surface area contributed by atoms with E-state index in [2.05, 4.69) is 6.92 Å². The predicted octanol–water partition coefficient (Wildman–Crippen LogP) is 4.50. The van der Waals surface area contributed by atoms with Crippen molar-refractivity contribution in [2.45, 2.75) is 44.8 Å². The Labute approximate surface area is 212 Å². The average molecular weight is 492 g/mol. The van der Waals surface area contributed by atoms with Gasteiger partial charge in [0.1, 0.15) is 11.9 Å². The minimum absolute atomic E-state index is 0.0654. The largest absolute Gasteiger partial charge is 0.497 e. The number of rotatable bonds is 7. The van der Waals surface area contributed by atoms with Gasteiger partial charge in [-0.15, -0.1) is 0 Å². The number of amides is 1. The average Bonchev–Trinajstić information content (AvgIpc) is 3.19. The molecule has 3 aliphatic rings. The number of carbonyl (C=O) groups is 2. The fourth-order valence-corrected chi connectivity index (χ4v) is 5.77. The number of carbonyl (C=O) groups excluding carboxylic acids is 2. The highest BCUT2D eigenvalue weighted by Crippen LogP contribution is 2.47. The molecule has 2 heterocycles. The molecule has 7 heteroatoms. The van der Waals surface area contributed by atoms with Crippen LogP contribution in [0.1, 0.15) is 43.4 Å². The van der Waals surface area contributed by atoms with Crippen LogP contribution in [0.15, 0.2) is 53.8 Å². The van der Waals surface area contributed by atoms with Crippen LogP contribution in [-0.4, -0.2) is 50.6 Å². The first-order chi connectivity index (χ1) is 17.4. The first-order valence-corrected chi connectivity index (χ1v) is 12.6. The normalized spacial score (nSPS) is 25.3. The quantitative estimate of drug-likeness (QED) is 0.568. The molecular weight excluding hydrogens is 458 g/mol. The number of fused-ring (bicyclic) bond motifs is 1. The molecule has 190 valence electrons. The van der Waals surface area contributed by atoms with Gasteiger partial charge in [-0.3, -0.25) is 9.59 Å². The van der Waals surface area contributed by atoms with Crippen LogP contribution in [0.4, 0.5) is 0 Å². The van der Waals surface area contributed by atoms with Gasteiger partial charge < -0.3 is 23.8 Å². The number of ketones is 1. The molecule has 2 aromatic carbocycles. The highest BCUT2D eigenvalue weighted by atomic mass is 16.5. The zero-order valence-electron chi connectivity index (χ0n) is 21.3. The molecule has 2 aliphatic heterocycles. The van der Waals surface area contributed by atoms with E-state index in [1.807, 2.05) is 42.5 Å². The molecule has 36 heavy (non-hydrogen) atoms. The van der Waals surface area contributed by atoms with Gasteiger partial charge in [0.05, 0.1) is 38.9 Å². The van der Waals surface area contributed by atoms with Crippen molar-refractivity contribution >= 4 is 11.7 Å². The number of hydrogen-bond donors (Lipinski definition) is 0. The summed E-state index contributed by atoms with van der Waals surface area (Å²) in [6.07, 6.45) is 3.00. The van der Waals surface area contributed by atoms with Crippen LogP contribution < -0.4 is 14.2 Å². The van der Waals surface area contributed by atoms with Crippen molar-refractivity contribution in [2.24, 2.45) is 11.8 Å². The topological polar surface area (TPSA) is 74.3 Å². The van der Waals surface area contributed by atoms with E-state index in [9.17, 15) is 9.59 Å². The zero-order chi connectivity index (χ0) is 25.4. The number of Topliss-reactive ketones (excluding diaryl/α,β-unsaturated/α-hetero) is 1. The van der Waals surface area contributed by atoms with Crippen molar-refractivity contribution in [1.29, 1.82) is 0 Å². The Bertz CT molecular complexity index is 1190. The molecule has 1 amide bonds. The molecule has 0 spiro atoms. The van der Waals surface area contributed by atoms with Crippen molar-refractivity contribution in [1.82, 2.24) is 4.90 Å². The Morgan fingerprint density at radius 3 is 2.39 bits per heavy atom. The van der Waals surface area contributed by atoms with Gasteiger partial charge >= 0.3 is 0 Å². The SMILES string of the molecule is COc1ccc(C2C3=C(OC4CCC(C)CC4C3=O)C(=O)N2CCc2ccc(OC)c(OC)c2)cc1. The summed E-state index contributed by atoms with van der Waals surface area (Å²) < 4.78 is 22.4. The van der Waals surface area contributed by atoms with Gasteiger partial charge in [-0.2, -0.15) is 0 Å². The maximum atomic E-state index is 13.8. The highest BCUT2D eigenvalue weighted by Gasteiger charge is 2.52. The van der Waals surface area contributed by atoms with Gasteiger partial charge in [0.15, 0.2) is 23.0 Å². The second-order valence-corrected chi connectivity index (χ2v) is 9.90. The number of methoxy groups -OCH3 is 3. The second-order valence-electron chi connectivity index (χ2n) is 9.90. The Hall–Kier alpha value is -3.48. The lowest BCUT2D eigenvalue weighted by atomic mass is 9.74. The molecule has 5 rings (SSSR count). The van der Waals surface area contributed by atoms with Crippen molar-refractivity contribution in [3.63, 3.8) is 0 Å². The monoisotopic (exact) mass is 491 g/mol. The summed E-state index contributed by atoms with van der Waals surface area (Å²) in [6, 6.07) is 12.9. The predicted molar refractivity (Wildman–Crippen MR) is 134 cm³/mol. The van der Waals surface area contributed by atoms with Gasteiger partial charge in [0.25, 0.3) is 5.91 Å². The standard InChI is InChI=1S/C29H33NO6/c1-17-5-11-22-21(15-17)27(31)25-26(19-7-9-20(33-2)10-8-19)30(29(32)28(25)36-22)14-13-18-6-12-23(34-3)24(16-18)35-4/h6-10,12,16-17,21-22,26H,5,11,13-15H2,1-4H3. The fraction of sp³-hybridized carbons (Fsp3) is 0.448. The third kappa shape index (κ3) is 4.21. The molecule has 0 bridgehead atoms. The molecule has 2 aromatic rings. The van der Waals surface area contributed by atoms with Gasteiger partial charge in [0.2, 0.25) is 0 Å². The third-order valence-electron chi connectivity index (χ3n) is 7.73. The van der Waals surface area contributed by atoms with E-state index in [0.29, 0.717) is 36.0 Å². The molecule has 0 saturated heterocycles.